The van der Waals surface area contributed by atoms with Gasteiger partial charge in [-0.25, -0.2) is 0 Å². The molecule has 0 spiro atoms. The number of anilines is 1. The van der Waals surface area contributed by atoms with Crippen LogP contribution in [0.25, 0.3) is 0 Å². The second-order valence-corrected chi connectivity index (χ2v) is 4.02. The minimum absolute atomic E-state index is 0. The van der Waals surface area contributed by atoms with Gasteiger partial charge in [-0.05, 0) is 18.6 Å². The first kappa shape index (κ1) is 17.7. The molecule has 0 saturated heterocycles. The molecule has 1 aliphatic heterocycles. The Bertz CT molecular complexity index is 416. The van der Waals surface area contributed by atoms with Crippen LogP contribution >= 0.6 is 0 Å². The zero-order valence-corrected chi connectivity index (χ0v) is 14.0. The van der Waals surface area contributed by atoms with Gasteiger partial charge < -0.3 is 26.2 Å². The van der Waals surface area contributed by atoms with Crippen molar-refractivity contribution in [1.82, 2.24) is 4.98 Å². The maximum atomic E-state index is 12.4. The van der Waals surface area contributed by atoms with Crippen molar-refractivity contribution >= 4 is 11.6 Å². The average Bonchev–Trinajstić information content (AvgIpc) is 2.58. The predicted octanol–water partition coefficient (Wildman–Crippen LogP) is 2.58. The van der Waals surface area contributed by atoms with E-state index in [1.54, 1.807) is 17.3 Å². The van der Waals surface area contributed by atoms with Crippen LogP contribution in [0.2, 0.25) is 0 Å². The van der Waals surface area contributed by atoms with Gasteiger partial charge in [0.2, 0.25) is 5.91 Å². The van der Waals surface area contributed by atoms with E-state index in [1.807, 2.05) is 13.0 Å². The molecule has 0 saturated carbocycles. The van der Waals surface area contributed by atoms with Gasteiger partial charge in [0.1, 0.15) is 0 Å². The van der Waals surface area contributed by atoms with Crippen LogP contribution in [0.5, 0.6) is 0 Å². The van der Waals surface area contributed by atoms with E-state index in [2.05, 4.69) is 18.8 Å². The topological polar surface area (TPSA) is 33.2 Å². The van der Waals surface area contributed by atoms with E-state index in [4.69, 9.17) is 0 Å². The molecule has 0 radical (unpaired) electrons. The number of likely N-dealkylation sites (N-methyl/N-ethyl adjacent to an activating group) is 1. The number of fused-ring (bicyclic) bond motifs is 1. The van der Waals surface area contributed by atoms with Crippen LogP contribution < -0.4 is 4.90 Å². The minimum atomic E-state index is -0.533. The number of amides is 1. The fourth-order valence-corrected chi connectivity index (χ4v) is 2.41. The van der Waals surface area contributed by atoms with Gasteiger partial charge in [-0.15, -0.1) is 0 Å². The van der Waals surface area contributed by atoms with E-state index in [0.717, 1.165) is 11.3 Å². The van der Waals surface area contributed by atoms with Gasteiger partial charge in [-0.2, -0.15) is 12.8 Å². The normalized spacial score (nSPS) is 15.7. The second-order valence-electron chi connectivity index (χ2n) is 4.02. The number of pyridine rings is 1. The van der Waals surface area contributed by atoms with E-state index in [1.165, 1.54) is 0 Å². The van der Waals surface area contributed by atoms with Crippen molar-refractivity contribution in [2.45, 2.75) is 25.2 Å². The number of carbonyl (C=O) groups is 1. The van der Waals surface area contributed by atoms with Crippen molar-refractivity contribution in [2.24, 2.45) is 0 Å². The van der Waals surface area contributed by atoms with Gasteiger partial charge in [0.15, 0.2) is 0 Å². The third-order valence-electron chi connectivity index (χ3n) is 3.43. The standard InChI is InChI=1S/C13H16N2O.CH3.Y/c1-4-13(5-2)10-7-8-14-9-11(10)15(6-3)12(13)16;;/h7-9H,1-2,4-6H2,3H3;1H3;/q-2;-1;+3. The molecule has 18 heavy (non-hydrogen) atoms. The summed E-state index contributed by atoms with van der Waals surface area (Å²) in [6.07, 6.45) is 4.57. The Morgan fingerprint density at radius 3 is 2.50 bits per heavy atom. The van der Waals surface area contributed by atoms with Crippen molar-refractivity contribution in [3.8, 4) is 0 Å². The first-order valence-corrected chi connectivity index (χ1v) is 5.56. The SMILES string of the molecule is [CH2-]CC1(C[CH2-])C(=O)N(CC)c2cnccc21.[CH3-].[Y+3]. The number of nitrogens with zero attached hydrogens (tertiary/aromatic N) is 2. The Labute approximate surface area is 135 Å². The zero-order valence-electron chi connectivity index (χ0n) is 11.1. The summed E-state index contributed by atoms with van der Waals surface area (Å²) in [5.74, 6) is 0.114. The fourth-order valence-electron chi connectivity index (χ4n) is 2.41. The Balaban J connectivity index is 0.00000144. The van der Waals surface area contributed by atoms with Crippen molar-refractivity contribution in [1.29, 1.82) is 0 Å². The molecule has 0 aromatic carbocycles. The van der Waals surface area contributed by atoms with Gasteiger partial charge >= 0.3 is 32.7 Å². The van der Waals surface area contributed by atoms with Gasteiger partial charge in [-0.1, -0.05) is 0 Å². The summed E-state index contributed by atoms with van der Waals surface area (Å²) in [4.78, 5) is 18.3. The van der Waals surface area contributed by atoms with E-state index in [-0.39, 0.29) is 46.0 Å². The molecule has 0 atom stereocenters. The molecule has 3 nitrogen and oxygen atoms in total. The average molecular weight is 320 g/mol. The molecule has 0 fully saturated rings. The number of hydrogen-bond acceptors (Lipinski definition) is 2. The molecule has 1 amide bonds. The molecule has 1 aromatic heterocycles. The summed E-state index contributed by atoms with van der Waals surface area (Å²) >= 11 is 0. The van der Waals surface area contributed by atoms with Gasteiger partial charge in [0, 0.05) is 18.2 Å². The van der Waals surface area contributed by atoms with Gasteiger partial charge in [0.25, 0.3) is 0 Å². The minimum Gasteiger partial charge on any atom is -0.358 e. The van der Waals surface area contributed by atoms with E-state index in [9.17, 15) is 4.79 Å². The monoisotopic (exact) mass is 320 g/mol. The van der Waals surface area contributed by atoms with Crippen LogP contribution in [-0.2, 0) is 42.9 Å². The molecule has 94 valence electrons. The molecule has 2 heterocycles. The largest absolute Gasteiger partial charge is 3.00 e. The summed E-state index contributed by atoms with van der Waals surface area (Å²) in [6, 6.07) is 1.92. The zero-order chi connectivity index (χ0) is 11.8. The van der Waals surface area contributed by atoms with Gasteiger partial charge in [-0.3, -0.25) is 9.78 Å². The third kappa shape index (κ3) is 2.27. The molecule has 0 bridgehead atoms. The number of aromatic nitrogens is 1. The maximum absolute atomic E-state index is 12.4. The van der Waals surface area contributed by atoms with Crippen molar-refractivity contribution in [3.63, 3.8) is 0 Å². The summed E-state index contributed by atoms with van der Waals surface area (Å²) < 4.78 is 0. The smallest absolute Gasteiger partial charge is 0.358 e. The molecular formula is C14H19N2OY. The van der Waals surface area contributed by atoms with Crippen molar-refractivity contribution in [2.75, 3.05) is 11.4 Å². The van der Waals surface area contributed by atoms with E-state index >= 15 is 0 Å². The van der Waals surface area contributed by atoms with E-state index < -0.39 is 5.41 Å². The summed E-state index contributed by atoms with van der Waals surface area (Å²) in [5.41, 5.74) is 1.41. The molecule has 0 unspecified atom stereocenters. The molecule has 4 heteroatoms. The van der Waals surface area contributed by atoms with Crippen molar-refractivity contribution < 1.29 is 37.5 Å². The Hall–Kier alpha value is -0.276. The number of hydrogen-bond donors (Lipinski definition) is 0. The molecule has 1 aromatic rings. The predicted molar refractivity (Wildman–Crippen MR) is 70.3 cm³/mol. The van der Waals surface area contributed by atoms with Crippen molar-refractivity contribution in [3.05, 3.63) is 45.3 Å². The number of rotatable bonds is 3. The Morgan fingerprint density at radius 2 is 2.00 bits per heavy atom. The van der Waals surface area contributed by atoms with Crippen LogP contribution in [0, 0.1) is 21.3 Å². The third-order valence-corrected chi connectivity index (χ3v) is 3.43. The first-order valence-electron chi connectivity index (χ1n) is 5.56. The van der Waals surface area contributed by atoms with Gasteiger partial charge in [0.05, 0.1) is 11.9 Å². The summed E-state index contributed by atoms with van der Waals surface area (Å²) in [5, 5.41) is 0. The summed E-state index contributed by atoms with van der Waals surface area (Å²) in [7, 11) is 0. The molecule has 0 N–H and O–H groups in total. The van der Waals surface area contributed by atoms with E-state index in [0.29, 0.717) is 19.4 Å². The maximum Gasteiger partial charge on any atom is 3.00 e. The Kier molecular flexibility index (Phi) is 6.66. The number of carbonyl (C=O) groups excluding carboxylic acids is 1. The second kappa shape index (κ2) is 6.76. The quantitative estimate of drug-likeness (QED) is 0.802. The Morgan fingerprint density at radius 1 is 1.39 bits per heavy atom. The first-order chi connectivity index (χ1) is 7.71. The van der Waals surface area contributed by atoms with Crippen LogP contribution in [0.3, 0.4) is 0 Å². The molecule has 1 aliphatic rings. The van der Waals surface area contributed by atoms with Crippen LogP contribution in [0.15, 0.2) is 18.5 Å². The van der Waals surface area contributed by atoms with Crippen LogP contribution in [-0.4, -0.2) is 17.4 Å². The van der Waals surface area contributed by atoms with Crippen LogP contribution in [0.1, 0.15) is 25.3 Å². The molecule has 0 aliphatic carbocycles. The summed E-state index contributed by atoms with van der Waals surface area (Å²) in [6.45, 7) is 10.5. The van der Waals surface area contributed by atoms with Crippen LogP contribution in [0.4, 0.5) is 5.69 Å². The molecule has 2 rings (SSSR count). The fraction of sp³-hybridized carbons (Fsp3) is 0.357. The molecular weight excluding hydrogens is 301 g/mol.